The van der Waals surface area contributed by atoms with Gasteiger partial charge in [0.25, 0.3) is 5.52 Å². The first-order valence-corrected chi connectivity index (χ1v) is 8.82. The fourth-order valence-corrected chi connectivity index (χ4v) is 3.51. The summed E-state index contributed by atoms with van der Waals surface area (Å²) in [6.45, 7) is 1.82. The van der Waals surface area contributed by atoms with Crippen molar-refractivity contribution in [2.24, 2.45) is 14.1 Å². The van der Waals surface area contributed by atoms with Crippen molar-refractivity contribution in [3.05, 3.63) is 71.9 Å². The number of rotatable bonds is 2. The summed E-state index contributed by atoms with van der Waals surface area (Å²) in [5, 5.41) is 0. The van der Waals surface area contributed by atoms with Gasteiger partial charge in [0.2, 0.25) is 11.3 Å². The Morgan fingerprint density at radius 1 is 0.893 bits per heavy atom. The lowest BCUT2D eigenvalue weighted by atomic mass is 9.95. The van der Waals surface area contributed by atoms with Crippen molar-refractivity contribution in [2.45, 2.75) is 13.1 Å². The standard InChI is InChI=1S/C22H19F3N2O/c1-14-16(18-8-6-7-11-26(18)2)12-15(22(23,24)25)13-17(14)21-27(3)19-9-4-5-10-20(19)28-21/h4-13H,1-3H3/q+2. The highest BCUT2D eigenvalue weighted by Crippen LogP contribution is 2.38. The van der Waals surface area contributed by atoms with Gasteiger partial charge in [-0.25, -0.2) is 4.57 Å². The maximum absolute atomic E-state index is 13.7. The number of nitrogens with zero attached hydrogens (tertiary/aromatic N) is 2. The van der Waals surface area contributed by atoms with Gasteiger partial charge in [0.1, 0.15) is 14.1 Å². The van der Waals surface area contributed by atoms with Crippen molar-refractivity contribution in [3.8, 4) is 22.7 Å². The van der Waals surface area contributed by atoms with Crippen LogP contribution in [0.25, 0.3) is 33.8 Å². The highest BCUT2D eigenvalue weighted by Gasteiger charge is 2.35. The molecule has 0 saturated carbocycles. The number of para-hydroxylation sites is 2. The first kappa shape index (κ1) is 18.2. The summed E-state index contributed by atoms with van der Waals surface area (Å²) in [4.78, 5) is 0. The molecule has 0 saturated heterocycles. The van der Waals surface area contributed by atoms with Crippen LogP contribution in [0.1, 0.15) is 11.1 Å². The molecular weight excluding hydrogens is 365 g/mol. The Morgan fingerprint density at radius 2 is 1.57 bits per heavy atom. The number of hydrogen-bond donors (Lipinski definition) is 0. The van der Waals surface area contributed by atoms with Gasteiger partial charge in [0, 0.05) is 18.2 Å². The topological polar surface area (TPSA) is 20.9 Å². The highest BCUT2D eigenvalue weighted by molar-refractivity contribution is 5.76. The zero-order chi connectivity index (χ0) is 20.1. The molecule has 0 aliphatic carbocycles. The van der Waals surface area contributed by atoms with Gasteiger partial charge in [-0.05, 0) is 36.8 Å². The first-order chi connectivity index (χ1) is 13.3. The number of halogens is 3. The van der Waals surface area contributed by atoms with E-state index in [0.29, 0.717) is 28.3 Å². The molecule has 0 unspecified atom stereocenters. The molecule has 0 bridgehead atoms. The average molecular weight is 384 g/mol. The van der Waals surface area contributed by atoms with Gasteiger partial charge in [-0.3, -0.25) is 0 Å². The predicted molar refractivity (Wildman–Crippen MR) is 99.2 cm³/mol. The minimum Gasteiger partial charge on any atom is -0.398 e. The molecule has 0 atom stereocenters. The molecule has 0 amide bonds. The molecule has 6 heteroatoms. The van der Waals surface area contributed by atoms with Crippen LogP contribution in [0, 0.1) is 6.92 Å². The lowest BCUT2D eigenvalue weighted by Gasteiger charge is -2.13. The fourth-order valence-electron chi connectivity index (χ4n) is 3.51. The van der Waals surface area contributed by atoms with E-state index in [0.717, 1.165) is 11.1 Å². The summed E-state index contributed by atoms with van der Waals surface area (Å²) in [5.41, 5.74) is 3.12. The third-order valence-electron chi connectivity index (χ3n) is 5.03. The molecule has 2 heterocycles. The van der Waals surface area contributed by atoms with Crippen LogP contribution in [0.5, 0.6) is 0 Å². The van der Waals surface area contributed by atoms with Crippen LogP contribution in [-0.4, -0.2) is 0 Å². The van der Waals surface area contributed by atoms with Crippen molar-refractivity contribution >= 4 is 11.1 Å². The van der Waals surface area contributed by atoms with Crippen LogP contribution in [0.3, 0.4) is 0 Å². The average Bonchev–Trinajstić information content (AvgIpc) is 2.99. The van der Waals surface area contributed by atoms with E-state index in [-0.39, 0.29) is 0 Å². The van der Waals surface area contributed by atoms with Crippen LogP contribution in [0.2, 0.25) is 0 Å². The van der Waals surface area contributed by atoms with Gasteiger partial charge in [0.05, 0.1) is 16.7 Å². The Bertz CT molecular complexity index is 1190. The molecule has 4 aromatic rings. The quantitative estimate of drug-likeness (QED) is 0.457. The van der Waals surface area contributed by atoms with Crippen molar-refractivity contribution in [2.75, 3.05) is 0 Å². The van der Waals surface area contributed by atoms with Crippen molar-refractivity contribution in [3.63, 3.8) is 0 Å². The van der Waals surface area contributed by atoms with E-state index in [1.54, 1.807) is 17.7 Å². The second-order valence-electron chi connectivity index (χ2n) is 6.82. The normalized spacial score (nSPS) is 11.9. The van der Waals surface area contributed by atoms with Crippen LogP contribution >= 0.6 is 0 Å². The van der Waals surface area contributed by atoms with E-state index in [1.165, 1.54) is 12.1 Å². The Labute approximate surface area is 160 Å². The Balaban J connectivity index is 2.05. The molecule has 4 rings (SSSR count). The van der Waals surface area contributed by atoms with Crippen LogP contribution in [0.15, 0.2) is 65.2 Å². The number of benzene rings is 2. The second-order valence-corrected chi connectivity index (χ2v) is 6.82. The summed E-state index contributed by atoms with van der Waals surface area (Å²) in [6, 6.07) is 15.2. The summed E-state index contributed by atoms with van der Waals surface area (Å²) in [5.74, 6) is 0.393. The number of aromatic nitrogens is 2. The SMILES string of the molecule is Cc1c(-c2cccc[n+]2C)cc(C(F)(F)F)cc1-c1oc2ccccc2[n+]1C. The molecular formula is C22H19F3N2O+2. The Kier molecular flexibility index (Phi) is 4.22. The molecule has 142 valence electrons. The van der Waals surface area contributed by atoms with Crippen molar-refractivity contribution in [1.82, 2.24) is 0 Å². The first-order valence-electron chi connectivity index (χ1n) is 8.82. The van der Waals surface area contributed by atoms with Crippen molar-refractivity contribution < 1.29 is 26.7 Å². The third-order valence-corrected chi connectivity index (χ3v) is 5.03. The fraction of sp³-hybridized carbons (Fsp3) is 0.182. The monoisotopic (exact) mass is 384 g/mol. The summed E-state index contributed by atoms with van der Waals surface area (Å²) in [7, 11) is 3.61. The summed E-state index contributed by atoms with van der Waals surface area (Å²) >= 11 is 0. The zero-order valence-corrected chi connectivity index (χ0v) is 15.7. The zero-order valence-electron chi connectivity index (χ0n) is 15.7. The molecule has 0 N–H and O–H groups in total. The molecule has 0 radical (unpaired) electrons. The molecule has 2 aromatic heterocycles. The van der Waals surface area contributed by atoms with Crippen LogP contribution in [0.4, 0.5) is 13.2 Å². The van der Waals surface area contributed by atoms with Crippen LogP contribution < -0.4 is 9.13 Å². The number of oxazole rings is 1. The maximum atomic E-state index is 13.7. The number of pyridine rings is 1. The molecule has 0 aliphatic rings. The molecule has 0 fully saturated rings. The van der Waals surface area contributed by atoms with Gasteiger partial charge in [-0.15, -0.1) is 0 Å². The molecule has 0 aliphatic heterocycles. The molecule has 2 aromatic carbocycles. The largest absolute Gasteiger partial charge is 0.416 e. The van der Waals surface area contributed by atoms with E-state index in [2.05, 4.69) is 0 Å². The summed E-state index contributed by atoms with van der Waals surface area (Å²) < 4.78 is 50.6. The lowest BCUT2D eigenvalue weighted by Crippen LogP contribution is -2.31. The molecule has 3 nitrogen and oxygen atoms in total. The highest BCUT2D eigenvalue weighted by atomic mass is 19.4. The predicted octanol–water partition coefficient (Wildman–Crippen LogP) is 4.74. The number of aryl methyl sites for hydroxylation is 2. The second kappa shape index (κ2) is 6.48. The Hall–Kier alpha value is -3.15. The summed E-state index contributed by atoms with van der Waals surface area (Å²) in [6.07, 6.45) is -2.65. The number of fused-ring (bicyclic) bond motifs is 1. The smallest absolute Gasteiger partial charge is 0.398 e. The minimum atomic E-state index is -4.46. The minimum absolute atomic E-state index is 0.393. The van der Waals surface area contributed by atoms with E-state index in [4.69, 9.17) is 4.42 Å². The van der Waals surface area contributed by atoms with E-state index in [9.17, 15) is 13.2 Å². The van der Waals surface area contributed by atoms with Gasteiger partial charge in [0.15, 0.2) is 6.20 Å². The van der Waals surface area contributed by atoms with Crippen LogP contribution in [-0.2, 0) is 20.3 Å². The molecule has 28 heavy (non-hydrogen) atoms. The number of alkyl halides is 3. The van der Waals surface area contributed by atoms with Crippen molar-refractivity contribution in [1.29, 1.82) is 0 Å². The van der Waals surface area contributed by atoms with Gasteiger partial charge < -0.3 is 4.42 Å². The maximum Gasteiger partial charge on any atom is 0.416 e. The Morgan fingerprint density at radius 3 is 2.25 bits per heavy atom. The lowest BCUT2D eigenvalue weighted by molar-refractivity contribution is -0.660. The molecule has 0 spiro atoms. The number of hydrogen-bond acceptors (Lipinski definition) is 1. The van der Waals surface area contributed by atoms with E-state index >= 15 is 0 Å². The third kappa shape index (κ3) is 2.95. The van der Waals surface area contributed by atoms with Gasteiger partial charge in [-0.1, -0.05) is 12.1 Å². The van der Waals surface area contributed by atoms with E-state index in [1.807, 2.05) is 61.1 Å². The van der Waals surface area contributed by atoms with E-state index < -0.39 is 11.7 Å². The van der Waals surface area contributed by atoms with Gasteiger partial charge >= 0.3 is 12.1 Å². The van der Waals surface area contributed by atoms with Gasteiger partial charge in [-0.2, -0.15) is 17.7 Å².